The molecule has 4 heteroatoms. The van der Waals surface area contributed by atoms with Crippen LogP contribution in [0.15, 0.2) is 30.7 Å². The predicted molar refractivity (Wildman–Crippen MR) is 72.3 cm³/mol. The third-order valence-corrected chi connectivity index (χ3v) is 2.76. The Labute approximate surface area is 108 Å². The lowest BCUT2D eigenvalue weighted by Gasteiger charge is -2.11. The van der Waals surface area contributed by atoms with Crippen LogP contribution >= 0.6 is 0 Å². The van der Waals surface area contributed by atoms with E-state index in [1.807, 2.05) is 36.3 Å². The molecule has 0 fully saturated rings. The van der Waals surface area contributed by atoms with Gasteiger partial charge in [0.05, 0.1) is 18.4 Å². The van der Waals surface area contributed by atoms with E-state index in [4.69, 9.17) is 0 Å². The standard InChI is InChI=1S/C14H20N4/c1-11(2)16-8-13-5-4-6-15-14(13)10-18-9-12(3)7-17-18/h4-7,9,11,16H,8,10H2,1-3H3. The molecule has 0 radical (unpaired) electrons. The van der Waals surface area contributed by atoms with Gasteiger partial charge in [-0.1, -0.05) is 19.9 Å². The van der Waals surface area contributed by atoms with Gasteiger partial charge in [0.1, 0.15) is 0 Å². The Morgan fingerprint density at radius 3 is 2.89 bits per heavy atom. The number of nitrogens with zero attached hydrogens (tertiary/aromatic N) is 3. The highest BCUT2D eigenvalue weighted by atomic mass is 15.3. The molecule has 0 aliphatic carbocycles. The highest BCUT2D eigenvalue weighted by Gasteiger charge is 2.05. The number of aromatic nitrogens is 3. The molecule has 0 spiro atoms. The Balaban J connectivity index is 2.11. The van der Waals surface area contributed by atoms with Gasteiger partial charge in [-0.2, -0.15) is 5.10 Å². The summed E-state index contributed by atoms with van der Waals surface area (Å²) in [5, 5.41) is 7.73. The van der Waals surface area contributed by atoms with Crippen molar-refractivity contribution >= 4 is 0 Å². The first kappa shape index (κ1) is 12.8. The molecule has 0 atom stereocenters. The van der Waals surface area contributed by atoms with Crippen LogP contribution in [-0.4, -0.2) is 20.8 Å². The van der Waals surface area contributed by atoms with Crippen molar-refractivity contribution in [2.75, 3.05) is 0 Å². The third-order valence-electron chi connectivity index (χ3n) is 2.76. The van der Waals surface area contributed by atoms with E-state index in [2.05, 4.69) is 35.3 Å². The summed E-state index contributed by atoms with van der Waals surface area (Å²) in [4.78, 5) is 4.46. The van der Waals surface area contributed by atoms with Crippen LogP contribution in [0.25, 0.3) is 0 Å². The summed E-state index contributed by atoms with van der Waals surface area (Å²) in [5.74, 6) is 0. The molecule has 0 amide bonds. The monoisotopic (exact) mass is 244 g/mol. The van der Waals surface area contributed by atoms with Gasteiger partial charge < -0.3 is 5.32 Å². The summed E-state index contributed by atoms with van der Waals surface area (Å²) in [5.41, 5.74) is 3.49. The van der Waals surface area contributed by atoms with E-state index in [9.17, 15) is 0 Å². The van der Waals surface area contributed by atoms with Crippen LogP contribution in [0.3, 0.4) is 0 Å². The van der Waals surface area contributed by atoms with Gasteiger partial charge in [0.15, 0.2) is 0 Å². The second-order valence-electron chi connectivity index (χ2n) is 4.86. The minimum absolute atomic E-state index is 0.477. The Bertz CT molecular complexity index is 502. The average Bonchev–Trinajstić information content (AvgIpc) is 2.73. The molecule has 2 heterocycles. The molecule has 4 nitrogen and oxygen atoms in total. The van der Waals surface area contributed by atoms with Crippen molar-refractivity contribution in [3.8, 4) is 0 Å². The lowest BCUT2D eigenvalue weighted by molar-refractivity contribution is 0.578. The first-order valence-electron chi connectivity index (χ1n) is 6.30. The average molecular weight is 244 g/mol. The molecule has 2 rings (SSSR count). The maximum absolute atomic E-state index is 4.46. The van der Waals surface area contributed by atoms with E-state index >= 15 is 0 Å². The van der Waals surface area contributed by atoms with E-state index < -0.39 is 0 Å². The minimum atomic E-state index is 0.477. The number of hydrogen-bond donors (Lipinski definition) is 1. The molecule has 2 aromatic rings. The zero-order chi connectivity index (χ0) is 13.0. The van der Waals surface area contributed by atoms with Crippen LogP contribution in [0.4, 0.5) is 0 Å². The molecule has 0 unspecified atom stereocenters. The first-order chi connectivity index (χ1) is 8.65. The summed E-state index contributed by atoms with van der Waals surface area (Å²) < 4.78 is 1.93. The van der Waals surface area contributed by atoms with Crippen molar-refractivity contribution < 1.29 is 0 Å². The molecule has 2 aromatic heterocycles. The van der Waals surface area contributed by atoms with E-state index in [1.165, 1.54) is 11.1 Å². The highest BCUT2D eigenvalue weighted by Crippen LogP contribution is 2.08. The van der Waals surface area contributed by atoms with E-state index in [-0.39, 0.29) is 0 Å². The summed E-state index contributed by atoms with van der Waals surface area (Å²) >= 11 is 0. The van der Waals surface area contributed by atoms with Crippen LogP contribution in [0.1, 0.15) is 30.7 Å². The van der Waals surface area contributed by atoms with Gasteiger partial charge in [-0.25, -0.2) is 0 Å². The number of aryl methyl sites for hydroxylation is 1. The quantitative estimate of drug-likeness (QED) is 0.876. The molecule has 0 aromatic carbocycles. The normalized spacial score (nSPS) is 11.1. The van der Waals surface area contributed by atoms with Gasteiger partial charge in [-0.15, -0.1) is 0 Å². The zero-order valence-electron chi connectivity index (χ0n) is 11.2. The molecule has 1 N–H and O–H groups in total. The van der Waals surface area contributed by atoms with Crippen molar-refractivity contribution in [3.05, 3.63) is 47.5 Å². The van der Waals surface area contributed by atoms with Crippen molar-refractivity contribution in [2.45, 2.75) is 39.9 Å². The van der Waals surface area contributed by atoms with E-state index in [0.717, 1.165) is 18.8 Å². The lowest BCUT2D eigenvalue weighted by atomic mass is 10.2. The fourth-order valence-corrected chi connectivity index (χ4v) is 1.80. The molecule has 0 aliphatic rings. The van der Waals surface area contributed by atoms with E-state index in [0.29, 0.717) is 6.04 Å². The Morgan fingerprint density at radius 1 is 1.39 bits per heavy atom. The van der Waals surface area contributed by atoms with Crippen molar-refractivity contribution in [3.63, 3.8) is 0 Å². The SMILES string of the molecule is Cc1cnn(Cc2ncccc2CNC(C)C)c1. The Morgan fingerprint density at radius 2 is 2.22 bits per heavy atom. The lowest BCUT2D eigenvalue weighted by Crippen LogP contribution is -2.23. The van der Waals surface area contributed by atoms with Crippen molar-refractivity contribution in [2.24, 2.45) is 0 Å². The fourth-order valence-electron chi connectivity index (χ4n) is 1.80. The second-order valence-corrected chi connectivity index (χ2v) is 4.86. The first-order valence-corrected chi connectivity index (χ1v) is 6.30. The summed E-state index contributed by atoms with van der Waals surface area (Å²) in [6.07, 6.45) is 5.74. The highest BCUT2D eigenvalue weighted by molar-refractivity contribution is 5.20. The molecule has 0 aliphatic heterocycles. The van der Waals surface area contributed by atoms with Gasteiger partial charge in [-0.05, 0) is 24.1 Å². The Hall–Kier alpha value is -1.68. The maximum atomic E-state index is 4.46. The molecule has 18 heavy (non-hydrogen) atoms. The molecular formula is C14H20N4. The number of pyridine rings is 1. The van der Waals surface area contributed by atoms with Crippen LogP contribution in [0.2, 0.25) is 0 Å². The number of rotatable bonds is 5. The summed E-state index contributed by atoms with van der Waals surface area (Å²) in [6.45, 7) is 7.91. The van der Waals surface area contributed by atoms with Gasteiger partial charge >= 0.3 is 0 Å². The predicted octanol–water partition coefficient (Wildman–Crippen LogP) is 2.13. The molecule has 0 saturated heterocycles. The molecule has 96 valence electrons. The zero-order valence-corrected chi connectivity index (χ0v) is 11.2. The maximum Gasteiger partial charge on any atom is 0.0834 e. The van der Waals surface area contributed by atoms with E-state index in [1.54, 1.807) is 0 Å². The van der Waals surface area contributed by atoms with Crippen molar-refractivity contribution in [1.82, 2.24) is 20.1 Å². The third kappa shape index (κ3) is 3.40. The number of nitrogens with one attached hydrogen (secondary N) is 1. The topological polar surface area (TPSA) is 42.7 Å². The van der Waals surface area contributed by atoms with Crippen LogP contribution in [0.5, 0.6) is 0 Å². The summed E-state index contributed by atoms with van der Waals surface area (Å²) in [6, 6.07) is 4.58. The number of hydrogen-bond acceptors (Lipinski definition) is 3. The molecule has 0 saturated carbocycles. The largest absolute Gasteiger partial charge is 0.310 e. The minimum Gasteiger partial charge on any atom is -0.310 e. The second kappa shape index (κ2) is 5.78. The fraction of sp³-hybridized carbons (Fsp3) is 0.429. The van der Waals surface area contributed by atoms with Crippen LogP contribution in [-0.2, 0) is 13.1 Å². The van der Waals surface area contributed by atoms with Gasteiger partial charge in [0, 0.05) is 25.0 Å². The summed E-state index contributed by atoms with van der Waals surface area (Å²) in [7, 11) is 0. The van der Waals surface area contributed by atoms with Crippen molar-refractivity contribution in [1.29, 1.82) is 0 Å². The molecular weight excluding hydrogens is 224 g/mol. The Kier molecular flexibility index (Phi) is 4.10. The van der Waals surface area contributed by atoms with Gasteiger partial charge in [-0.3, -0.25) is 9.67 Å². The van der Waals surface area contributed by atoms with Gasteiger partial charge in [0.2, 0.25) is 0 Å². The molecule has 0 bridgehead atoms. The van der Waals surface area contributed by atoms with Gasteiger partial charge in [0.25, 0.3) is 0 Å². The van der Waals surface area contributed by atoms with Crippen LogP contribution < -0.4 is 5.32 Å². The van der Waals surface area contributed by atoms with Crippen LogP contribution in [0, 0.1) is 6.92 Å². The smallest absolute Gasteiger partial charge is 0.0834 e.